The minimum absolute atomic E-state index is 0.603. The Labute approximate surface area is 188 Å². The van der Waals surface area contributed by atoms with Crippen LogP contribution in [0.25, 0.3) is 11.1 Å². The van der Waals surface area contributed by atoms with Gasteiger partial charge in [0, 0.05) is 11.8 Å². The van der Waals surface area contributed by atoms with E-state index in [0.717, 1.165) is 33.6 Å². The molecule has 1 heterocycles. The first-order valence-electron chi connectivity index (χ1n) is 10.7. The molecule has 0 bridgehead atoms. The molecule has 0 saturated heterocycles. The van der Waals surface area contributed by atoms with Crippen LogP contribution in [-0.2, 0) is 5.54 Å². The predicted octanol–water partition coefficient (Wildman–Crippen LogP) is 6.40. The second kappa shape index (κ2) is 8.56. The van der Waals surface area contributed by atoms with Crippen molar-refractivity contribution < 1.29 is 4.74 Å². The summed E-state index contributed by atoms with van der Waals surface area (Å²) < 4.78 is 7.41. The van der Waals surface area contributed by atoms with Gasteiger partial charge in [0.15, 0.2) is 0 Å². The van der Waals surface area contributed by atoms with Crippen LogP contribution in [0.15, 0.2) is 128 Å². The molecule has 0 saturated carbocycles. The first-order valence-corrected chi connectivity index (χ1v) is 10.7. The molecule has 0 atom stereocenters. The van der Waals surface area contributed by atoms with Gasteiger partial charge in [-0.3, -0.25) is 4.68 Å². The highest BCUT2D eigenvalue weighted by molar-refractivity contribution is 5.63. The Bertz CT molecular complexity index is 1180. The highest BCUT2D eigenvalue weighted by atomic mass is 16.5. The minimum Gasteiger partial charge on any atom is -0.497 e. The van der Waals surface area contributed by atoms with Crippen LogP contribution in [0.5, 0.6) is 5.75 Å². The number of hydrogen-bond acceptors (Lipinski definition) is 2. The molecule has 156 valence electrons. The second-order valence-corrected chi connectivity index (χ2v) is 7.71. The van der Waals surface area contributed by atoms with Gasteiger partial charge in [-0.25, -0.2) is 0 Å². The lowest BCUT2D eigenvalue weighted by Crippen LogP contribution is -2.38. The molecule has 0 aliphatic rings. The van der Waals surface area contributed by atoms with Gasteiger partial charge in [0.25, 0.3) is 0 Å². The fourth-order valence-corrected chi connectivity index (χ4v) is 4.37. The number of aromatic nitrogens is 2. The average Bonchev–Trinajstić information content (AvgIpc) is 3.37. The first kappa shape index (κ1) is 19.8. The summed E-state index contributed by atoms with van der Waals surface area (Å²) in [5, 5.41) is 4.92. The number of methoxy groups -OCH3 is 1. The van der Waals surface area contributed by atoms with Crippen LogP contribution in [0.2, 0.25) is 0 Å². The van der Waals surface area contributed by atoms with Gasteiger partial charge in [-0.05, 0) is 34.4 Å². The molecule has 3 nitrogen and oxygen atoms in total. The molecule has 0 radical (unpaired) electrons. The number of benzene rings is 4. The quantitative estimate of drug-likeness (QED) is 0.300. The van der Waals surface area contributed by atoms with Crippen molar-refractivity contribution in [3.8, 4) is 16.9 Å². The Morgan fingerprint density at radius 3 is 1.50 bits per heavy atom. The number of nitrogens with zero attached hydrogens (tertiary/aromatic N) is 2. The third kappa shape index (κ3) is 3.38. The van der Waals surface area contributed by atoms with E-state index in [1.54, 1.807) is 7.11 Å². The van der Waals surface area contributed by atoms with E-state index in [4.69, 9.17) is 9.84 Å². The van der Waals surface area contributed by atoms with Gasteiger partial charge in [-0.2, -0.15) is 5.10 Å². The zero-order valence-electron chi connectivity index (χ0n) is 17.9. The lowest BCUT2D eigenvalue weighted by atomic mass is 9.77. The summed E-state index contributed by atoms with van der Waals surface area (Å²) in [5.74, 6) is 0.841. The zero-order valence-corrected chi connectivity index (χ0v) is 17.9. The molecule has 4 aromatic carbocycles. The molecule has 5 aromatic rings. The van der Waals surface area contributed by atoms with Gasteiger partial charge in [-0.1, -0.05) is 103 Å². The average molecular weight is 417 g/mol. The topological polar surface area (TPSA) is 27.1 Å². The zero-order chi connectivity index (χ0) is 21.8. The molecule has 3 heteroatoms. The highest BCUT2D eigenvalue weighted by Crippen LogP contribution is 2.41. The molecule has 0 N–H and O–H groups in total. The smallest absolute Gasteiger partial charge is 0.138 e. The standard InChI is InChI=1S/C29H24N2O/c1-32-28-19-17-23(18-20-28)24-21-30-31(22-24)29(25-11-5-2-6-12-25,26-13-7-3-8-14-26)27-15-9-4-10-16-27/h2-22H,1H3. The van der Waals surface area contributed by atoms with Crippen molar-refractivity contribution in [3.05, 3.63) is 144 Å². The van der Waals surface area contributed by atoms with E-state index in [-0.39, 0.29) is 0 Å². The van der Waals surface area contributed by atoms with Gasteiger partial charge in [0.2, 0.25) is 0 Å². The van der Waals surface area contributed by atoms with Crippen molar-refractivity contribution in [2.24, 2.45) is 0 Å². The summed E-state index contributed by atoms with van der Waals surface area (Å²) >= 11 is 0. The van der Waals surface area contributed by atoms with Gasteiger partial charge in [0.1, 0.15) is 11.3 Å². The lowest BCUT2D eigenvalue weighted by molar-refractivity contribution is 0.415. The third-order valence-corrected chi connectivity index (χ3v) is 5.92. The molecular formula is C29H24N2O. The molecule has 1 aromatic heterocycles. The number of hydrogen-bond donors (Lipinski definition) is 0. The van der Waals surface area contributed by atoms with Crippen molar-refractivity contribution in [1.82, 2.24) is 9.78 Å². The first-order chi connectivity index (χ1) is 15.8. The SMILES string of the molecule is COc1ccc(-c2cnn(C(c3ccccc3)(c3ccccc3)c3ccccc3)c2)cc1. The van der Waals surface area contributed by atoms with Crippen molar-refractivity contribution >= 4 is 0 Å². The Hall–Kier alpha value is -4.11. The molecule has 0 amide bonds. The summed E-state index contributed by atoms with van der Waals surface area (Å²) in [6, 6.07) is 39.8. The fourth-order valence-electron chi connectivity index (χ4n) is 4.37. The highest BCUT2D eigenvalue weighted by Gasteiger charge is 2.39. The van der Waals surface area contributed by atoms with E-state index in [0.29, 0.717) is 0 Å². The molecule has 0 spiro atoms. The summed E-state index contributed by atoms with van der Waals surface area (Å²) in [4.78, 5) is 0. The normalized spacial score (nSPS) is 11.3. The molecule has 5 rings (SSSR count). The van der Waals surface area contributed by atoms with Crippen LogP contribution in [0.3, 0.4) is 0 Å². The van der Waals surface area contributed by atoms with E-state index in [9.17, 15) is 0 Å². The molecule has 0 fully saturated rings. The molecule has 0 aliphatic heterocycles. The molecule has 0 unspecified atom stereocenters. The van der Waals surface area contributed by atoms with E-state index in [2.05, 4.69) is 114 Å². The van der Waals surface area contributed by atoms with Crippen molar-refractivity contribution in [2.75, 3.05) is 7.11 Å². The van der Waals surface area contributed by atoms with Gasteiger partial charge < -0.3 is 4.74 Å². The number of ether oxygens (including phenoxy) is 1. The molecule has 0 aliphatic carbocycles. The second-order valence-electron chi connectivity index (χ2n) is 7.71. The maximum Gasteiger partial charge on any atom is 0.138 e. The monoisotopic (exact) mass is 416 g/mol. The van der Waals surface area contributed by atoms with Crippen LogP contribution in [0, 0.1) is 0 Å². The largest absolute Gasteiger partial charge is 0.497 e. The van der Waals surface area contributed by atoms with Gasteiger partial charge in [-0.15, -0.1) is 0 Å². The molecule has 32 heavy (non-hydrogen) atoms. The van der Waals surface area contributed by atoms with Crippen LogP contribution >= 0.6 is 0 Å². The maximum atomic E-state index is 5.32. The Morgan fingerprint density at radius 2 is 1.06 bits per heavy atom. The van der Waals surface area contributed by atoms with Crippen LogP contribution in [-0.4, -0.2) is 16.9 Å². The Balaban J connectivity index is 1.76. The van der Waals surface area contributed by atoms with Crippen molar-refractivity contribution in [1.29, 1.82) is 0 Å². The predicted molar refractivity (Wildman–Crippen MR) is 129 cm³/mol. The maximum absolute atomic E-state index is 5.32. The van der Waals surface area contributed by atoms with Crippen LogP contribution in [0.4, 0.5) is 0 Å². The van der Waals surface area contributed by atoms with E-state index < -0.39 is 5.54 Å². The Kier molecular flexibility index (Phi) is 5.30. The summed E-state index contributed by atoms with van der Waals surface area (Å²) in [7, 11) is 1.68. The van der Waals surface area contributed by atoms with Crippen LogP contribution < -0.4 is 4.74 Å². The summed E-state index contributed by atoms with van der Waals surface area (Å²) in [6.45, 7) is 0. The number of rotatable bonds is 6. The van der Waals surface area contributed by atoms with E-state index in [1.807, 2.05) is 18.3 Å². The van der Waals surface area contributed by atoms with Gasteiger partial charge in [0.05, 0.1) is 13.3 Å². The van der Waals surface area contributed by atoms with Crippen molar-refractivity contribution in [2.45, 2.75) is 5.54 Å². The van der Waals surface area contributed by atoms with E-state index >= 15 is 0 Å². The molecular weight excluding hydrogens is 392 g/mol. The Morgan fingerprint density at radius 1 is 0.594 bits per heavy atom. The van der Waals surface area contributed by atoms with Crippen LogP contribution in [0.1, 0.15) is 16.7 Å². The van der Waals surface area contributed by atoms with Gasteiger partial charge >= 0.3 is 0 Å². The summed E-state index contributed by atoms with van der Waals surface area (Å²) in [5.41, 5.74) is 5.01. The fraction of sp³-hybridized carbons (Fsp3) is 0.0690. The van der Waals surface area contributed by atoms with Crippen molar-refractivity contribution in [3.63, 3.8) is 0 Å². The minimum atomic E-state index is -0.603. The van der Waals surface area contributed by atoms with E-state index in [1.165, 1.54) is 0 Å². The summed E-state index contributed by atoms with van der Waals surface area (Å²) in [6.07, 6.45) is 4.07. The lowest BCUT2D eigenvalue weighted by Gasteiger charge is -2.36. The third-order valence-electron chi connectivity index (χ3n) is 5.92.